The molecule has 1 saturated heterocycles. The molecule has 7 nitrogen and oxygen atoms in total. The molecule has 1 aliphatic heterocycles. The summed E-state index contributed by atoms with van der Waals surface area (Å²) >= 11 is 0. The molecule has 178 valence electrons. The Balaban J connectivity index is 1.57. The molecular formula is C24H25F3N6O. The maximum atomic E-state index is 13.7. The number of nitrogens with one attached hydrogen (secondary N) is 1. The normalized spacial score (nSPS) is 18.6. The number of pyridine rings is 2. The molecule has 1 amide bonds. The fraction of sp³-hybridized carbons (Fsp3) is 0.375. The number of piperidine rings is 1. The predicted molar refractivity (Wildman–Crippen MR) is 121 cm³/mol. The Morgan fingerprint density at radius 3 is 2.59 bits per heavy atom. The van der Waals surface area contributed by atoms with E-state index in [2.05, 4.69) is 32.2 Å². The summed E-state index contributed by atoms with van der Waals surface area (Å²) in [6.07, 6.45) is 0.453. The van der Waals surface area contributed by atoms with E-state index in [1.54, 1.807) is 11.1 Å². The quantitative estimate of drug-likeness (QED) is 0.586. The second-order valence-corrected chi connectivity index (χ2v) is 8.42. The number of halogens is 3. The average molecular weight is 470 g/mol. The first kappa shape index (κ1) is 23.6. The summed E-state index contributed by atoms with van der Waals surface area (Å²) < 4.78 is 38.3. The van der Waals surface area contributed by atoms with Crippen LogP contribution in [0.1, 0.15) is 41.5 Å². The molecule has 0 spiro atoms. The van der Waals surface area contributed by atoms with Crippen molar-refractivity contribution in [1.82, 2.24) is 24.8 Å². The molecule has 0 aliphatic carbocycles. The molecule has 1 unspecified atom stereocenters. The van der Waals surface area contributed by atoms with E-state index in [9.17, 15) is 18.0 Å². The zero-order valence-electron chi connectivity index (χ0n) is 18.9. The fourth-order valence-corrected chi connectivity index (χ4v) is 4.16. The molecule has 0 bridgehead atoms. The van der Waals surface area contributed by atoms with Crippen molar-refractivity contribution in [3.63, 3.8) is 0 Å². The molecule has 0 saturated carbocycles. The van der Waals surface area contributed by atoms with Crippen LogP contribution >= 0.6 is 0 Å². The van der Waals surface area contributed by atoms with Crippen LogP contribution in [0.15, 0.2) is 48.9 Å². The van der Waals surface area contributed by atoms with Crippen molar-refractivity contribution in [2.24, 2.45) is 5.92 Å². The number of aromatic nitrogens is 4. The van der Waals surface area contributed by atoms with E-state index in [1.807, 2.05) is 37.3 Å². The van der Waals surface area contributed by atoms with Crippen LogP contribution in [0.5, 0.6) is 0 Å². The minimum Gasteiger partial charge on any atom is -0.352 e. The van der Waals surface area contributed by atoms with Gasteiger partial charge in [0.05, 0.1) is 17.3 Å². The second kappa shape index (κ2) is 9.74. The molecule has 10 heteroatoms. The highest BCUT2D eigenvalue weighted by Gasteiger charge is 2.35. The number of alkyl halides is 3. The van der Waals surface area contributed by atoms with Crippen LogP contribution in [-0.2, 0) is 6.18 Å². The van der Waals surface area contributed by atoms with Crippen LogP contribution in [0.2, 0.25) is 0 Å². The maximum absolute atomic E-state index is 13.7. The van der Waals surface area contributed by atoms with Crippen LogP contribution in [0.25, 0.3) is 11.3 Å². The van der Waals surface area contributed by atoms with Gasteiger partial charge in [-0.05, 0) is 49.9 Å². The number of carbonyl (C=O) groups is 1. The van der Waals surface area contributed by atoms with Gasteiger partial charge in [-0.25, -0.2) is 15.0 Å². The lowest BCUT2D eigenvalue weighted by molar-refractivity contribution is -0.138. The van der Waals surface area contributed by atoms with Crippen molar-refractivity contribution in [1.29, 1.82) is 0 Å². The zero-order valence-corrected chi connectivity index (χ0v) is 18.9. The minimum absolute atomic E-state index is 0.0843. The van der Waals surface area contributed by atoms with E-state index >= 15 is 0 Å². The predicted octanol–water partition coefficient (Wildman–Crippen LogP) is 4.61. The van der Waals surface area contributed by atoms with Crippen LogP contribution in [0.4, 0.5) is 19.1 Å². The van der Waals surface area contributed by atoms with E-state index in [4.69, 9.17) is 0 Å². The van der Waals surface area contributed by atoms with Gasteiger partial charge in [0.25, 0.3) is 5.91 Å². The van der Waals surface area contributed by atoms with Crippen molar-refractivity contribution < 1.29 is 18.0 Å². The largest absolute Gasteiger partial charge is 0.419 e. The van der Waals surface area contributed by atoms with Gasteiger partial charge in [0.15, 0.2) is 0 Å². The Labute approximate surface area is 195 Å². The first-order valence-electron chi connectivity index (χ1n) is 11.1. The third-order valence-corrected chi connectivity index (χ3v) is 6.00. The van der Waals surface area contributed by atoms with E-state index in [0.717, 1.165) is 30.9 Å². The van der Waals surface area contributed by atoms with Gasteiger partial charge in [0.1, 0.15) is 5.69 Å². The second-order valence-electron chi connectivity index (χ2n) is 8.42. The van der Waals surface area contributed by atoms with Crippen molar-refractivity contribution in [3.8, 4) is 11.3 Å². The molecule has 0 radical (unpaired) electrons. The van der Waals surface area contributed by atoms with Gasteiger partial charge in [-0.3, -0.25) is 9.78 Å². The highest BCUT2D eigenvalue weighted by Crippen LogP contribution is 2.30. The van der Waals surface area contributed by atoms with E-state index in [0.29, 0.717) is 30.0 Å². The molecule has 0 aromatic carbocycles. The number of nitrogens with zero attached hydrogens (tertiary/aromatic N) is 5. The Morgan fingerprint density at radius 2 is 1.91 bits per heavy atom. The number of likely N-dealkylation sites (tertiary alicyclic amines) is 1. The summed E-state index contributed by atoms with van der Waals surface area (Å²) in [7, 11) is 0. The van der Waals surface area contributed by atoms with Gasteiger partial charge in [-0.2, -0.15) is 13.2 Å². The molecular weight excluding hydrogens is 445 g/mol. The van der Waals surface area contributed by atoms with Crippen LogP contribution in [0, 0.1) is 12.8 Å². The van der Waals surface area contributed by atoms with Crippen molar-refractivity contribution in [2.45, 2.75) is 38.9 Å². The first-order valence-corrected chi connectivity index (χ1v) is 11.1. The van der Waals surface area contributed by atoms with E-state index in [-0.39, 0.29) is 23.8 Å². The lowest BCUT2D eigenvalue weighted by Crippen LogP contribution is -2.51. The lowest BCUT2D eigenvalue weighted by Gasteiger charge is -2.40. The Morgan fingerprint density at radius 1 is 1.15 bits per heavy atom. The minimum atomic E-state index is -4.49. The Bertz CT molecular complexity index is 1140. The third kappa shape index (κ3) is 5.16. The summed E-state index contributed by atoms with van der Waals surface area (Å²) in [6, 6.07) is 9.00. The van der Waals surface area contributed by atoms with Crippen molar-refractivity contribution >= 4 is 11.9 Å². The van der Waals surface area contributed by atoms with Crippen LogP contribution < -0.4 is 5.32 Å². The van der Waals surface area contributed by atoms with Gasteiger partial charge < -0.3 is 10.2 Å². The number of aryl methyl sites for hydroxylation is 1. The highest BCUT2D eigenvalue weighted by molar-refractivity contribution is 5.99. The summed E-state index contributed by atoms with van der Waals surface area (Å²) in [4.78, 5) is 32.0. The molecule has 1 aliphatic rings. The molecule has 4 rings (SSSR count). The van der Waals surface area contributed by atoms with Crippen molar-refractivity contribution in [2.75, 3.05) is 18.4 Å². The lowest BCUT2D eigenvalue weighted by atomic mass is 9.90. The first-order chi connectivity index (χ1) is 16.2. The van der Waals surface area contributed by atoms with Crippen LogP contribution in [-0.4, -0.2) is 49.9 Å². The third-order valence-electron chi connectivity index (χ3n) is 6.00. The summed E-state index contributed by atoms with van der Waals surface area (Å²) in [5.74, 6) is 0.0554. The number of rotatable bonds is 5. The van der Waals surface area contributed by atoms with Crippen LogP contribution in [0.3, 0.4) is 0 Å². The van der Waals surface area contributed by atoms with Gasteiger partial charge in [-0.15, -0.1) is 0 Å². The van der Waals surface area contributed by atoms with E-state index < -0.39 is 11.7 Å². The zero-order chi connectivity index (χ0) is 24.3. The summed E-state index contributed by atoms with van der Waals surface area (Å²) in [5, 5.41) is 3.00. The number of hydrogen-bond acceptors (Lipinski definition) is 6. The fourth-order valence-electron chi connectivity index (χ4n) is 4.16. The average Bonchev–Trinajstić information content (AvgIpc) is 2.83. The van der Waals surface area contributed by atoms with Crippen molar-refractivity contribution in [3.05, 3.63) is 65.9 Å². The molecule has 1 N–H and O–H groups in total. The molecule has 34 heavy (non-hydrogen) atoms. The monoisotopic (exact) mass is 470 g/mol. The van der Waals surface area contributed by atoms with Gasteiger partial charge in [0, 0.05) is 42.9 Å². The Hall–Kier alpha value is -3.56. The molecule has 3 aromatic rings. The van der Waals surface area contributed by atoms with Gasteiger partial charge >= 0.3 is 6.18 Å². The standard InChI is InChI=1S/C24H25F3N6O/c1-15-6-5-11-33(20(15)14-31-23-29-12-17(13-30-23)24(25,26)27)22(34)21-18(9-8-16(2)32-21)19-7-3-4-10-28-19/h3-4,7-10,12-13,15,20H,5-6,11,14H2,1-2H3,(H,29,30,31)/t15-,20?/m1/s1. The summed E-state index contributed by atoms with van der Waals surface area (Å²) in [5.41, 5.74) is 1.47. The number of carbonyl (C=O) groups excluding carboxylic acids is 1. The maximum Gasteiger partial charge on any atom is 0.419 e. The molecule has 2 atom stereocenters. The SMILES string of the molecule is Cc1ccc(-c2ccccn2)c(C(=O)N2CCC[C@@H](C)C2CNc2ncc(C(F)(F)F)cn2)n1. The number of anilines is 1. The Kier molecular flexibility index (Phi) is 6.76. The number of amides is 1. The highest BCUT2D eigenvalue weighted by atomic mass is 19.4. The number of hydrogen-bond donors (Lipinski definition) is 1. The van der Waals surface area contributed by atoms with Gasteiger partial charge in [0.2, 0.25) is 5.95 Å². The van der Waals surface area contributed by atoms with E-state index in [1.165, 1.54) is 0 Å². The molecule has 3 aromatic heterocycles. The summed E-state index contributed by atoms with van der Waals surface area (Å²) in [6.45, 7) is 4.76. The topological polar surface area (TPSA) is 83.9 Å². The molecule has 4 heterocycles. The smallest absolute Gasteiger partial charge is 0.352 e. The van der Waals surface area contributed by atoms with Gasteiger partial charge in [-0.1, -0.05) is 13.0 Å². The molecule has 1 fully saturated rings.